The van der Waals surface area contributed by atoms with Gasteiger partial charge in [-0.3, -0.25) is 14.3 Å². The van der Waals surface area contributed by atoms with Crippen LogP contribution in [0, 0.1) is 13.8 Å². The highest BCUT2D eigenvalue weighted by Gasteiger charge is 2.32. The fourth-order valence-corrected chi connectivity index (χ4v) is 4.49. The van der Waals surface area contributed by atoms with E-state index in [2.05, 4.69) is 15.2 Å². The van der Waals surface area contributed by atoms with E-state index in [-0.39, 0.29) is 17.9 Å². The first kappa shape index (κ1) is 21.5. The minimum absolute atomic E-state index is 0.0182. The van der Waals surface area contributed by atoms with E-state index in [1.807, 2.05) is 34.4 Å². The molecule has 9 heteroatoms. The Morgan fingerprint density at radius 2 is 2.06 bits per heavy atom. The number of rotatable bonds is 8. The Labute approximate surface area is 182 Å². The molecule has 0 aromatic carbocycles. The molecular formula is C22H32N6O3. The number of amides is 2. The first-order chi connectivity index (χ1) is 14.9. The molecule has 9 nitrogen and oxygen atoms in total. The van der Waals surface area contributed by atoms with Crippen LogP contribution >= 0.6 is 0 Å². The summed E-state index contributed by atoms with van der Waals surface area (Å²) in [6.45, 7) is 7.92. The van der Waals surface area contributed by atoms with Gasteiger partial charge < -0.3 is 14.3 Å². The number of aromatic nitrogens is 4. The Hall–Kier alpha value is -2.71. The molecule has 1 unspecified atom stereocenters. The van der Waals surface area contributed by atoms with Gasteiger partial charge in [0, 0.05) is 57.6 Å². The minimum atomic E-state index is 0.0182. The highest BCUT2D eigenvalue weighted by atomic mass is 16.5. The van der Waals surface area contributed by atoms with Gasteiger partial charge >= 0.3 is 0 Å². The number of nitrogens with zero attached hydrogens (tertiary/aromatic N) is 6. The summed E-state index contributed by atoms with van der Waals surface area (Å²) in [6, 6.07) is 2.05. The number of carbonyl (C=O) groups excluding carboxylic acids is 2. The molecule has 3 heterocycles. The summed E-state index contributed by atoms with van der Waals surface area (Å²) < 4.78 is 7.26. The number of hydrogen-bond acceptors (Lipinski definition) is 6. The molecule has 4 rings (SSSR count). The van der Waals surface area contributed by atoms with Crippen LogP contribution in [0.2, 0.25) is 0 Å². The van der Waals surface area contributed by atoms with Crippen LogP contribution in [0.1, 0.15) is 68.0 Å². The highest BCUT2D eigenvalue weighted by molar-refractivity contribution is 5.77. The van der Waals surface area contributed by atoms with E-state index < -0.39 is 0 Å². The maximum Gasteiger partial charge on any atom is 0.229 e. The predicted molar refractivity (Wildman–Crippen MR) is 113 cm³/mol. The van der Waals surface area contributed by atoms with E-state index in [4.69, 9.17) is 4.52 Å². The van der Waals surface area contributed by atoms with Gasteiger partial charge in [0.2, 0.25) is 17.7 Å². The Bertz CT molecular complexity index is 932. The molecule has 1 saturated heterocycles. The quantitative estimate of drug-likeness (QED) is 0.640. The van der Waals surface area contributed by atoms with E-state index in [0.717, 1.165) is 36.5 Å². The van der Waals surface area contributed by atoms with Crippen molar-refractivity contribution < 1.29 is 14.1 Å². The number of aryl methyl sites for hydroxylation is 3. The molecule has 1 atom stereocenters. The minimum Gasteiger partial charge on any atom is -0.340 e. The average Bonchev–Trinajstić information content (AvgIpc) is 3.39. The van der Waals surface area contributed by atoms with Crippen molar-refractivity contribution >= 4 is 11.8 Å². The molecular weight excluding hydrogens is 396 g/mol. The summed E-state index contributed by atoms with van der Waals surface area (Å²) in [5, 5.41) is 8.51. The third kappa shape index (κ3) is 4.97. The predicted octanol–water partition coefficient (Wildman–Crippen LogP) is 2.23. The van der Waals surface area contributed by atoms with Crippen molar-refractivity contribution in [1.82, 2.24) is 29.7 Å². The van der Waals surface area contributed by atoms with Crippen LogP contribution in [-0.2, 0) is 22.6 Å². The van der Waals surface area contributed by atoms with Crippen molar-refractivity contribution in [2.24, 2.45) is 0 Å². The summed E-state index contributed by atoms with van der Waals surface area (Å²) in [7, 11) is 0. The van der Waals surface area contributed by atoms with Crippen LogP contribution in [0.15, 0.2) is 10.6 Å². The van der Waals surface area contributed by atoms with Gasteiger partial charge in [0.05, 0.1) is 11.7 Å². The number of carbonyl (C=O) groups is 2. The standard InChI is InChI=1S/C22H32N6O3/c1-15-13-16(2)28(24-15)12-9-21(30)26-10-7-19(14-26)27(17(3)29)11-8-20-23-22(31-25-20)18-5-4-6-18/h13,18-19H,4-12,14H2,1-3H3. The molecule has 2 amide bonds. The third-order valence-corrected chi connectivity index (χ3v) is 6.52. The molecule has 0 bridgehead atoms. The summed E-state index contributed by atoms with van der Waals surface area (Å²) >= 11 is 0. The Balaban J connectivity index is 1.28. The van der Waals surface area contributed by atoms with Crippen LogP contribution in [0.4, 0.5) is 0 Å². The fraction of sp³-hybridized carbons (Fsp3) is 0.682. The lowest BCUT2D eigenvalue weighted by Gasteiger charge is -2.27. The molecule has 31 heavy (non-hydrogen) atoms. The second kappa shape index (κ2) is 9.20. The molecule has 1 aliphatic carbocycles. The normalized spacial score (nSPS) is 18.9. The fourth-order valence-electron chi connectivity index (χ4n) is 4.49. The molecule has 2 aromatic rings. The zero-order chi connectivity index (χ0) is 22.0. The van der Waals surface area contributed by atoms with E-state index in [9.17, 15) is 9.59 Å². The van der Waals surface area contributed by atoms with Crippen LogP contribution in [0.5, 0.6) is 0 Å². The Kier molecular flexibility index (Phi) is 6.38. The van der Waals surface area contributed by atoms with Crippen LogP contribution in [0.3, 0.4) is 0 Å². The smallest absolute Gasteiger partial charge is 0.229 e. The Morgan fingerprint density at radius 3 is 2.71 bits per heavy atom. The molecule has 0 spiro atoms. The summed E-state index contributed by atoms with van der Waals surface area (Å²) in [5.41, 5.74) is 2.03. The zero-order valence-electron chi connectivity index (χ0n) is 18.7. The average molecular weight is 429 g/mol. The van der Waals surface area contributed by atoms with Crippen molar-refractivity contribution in [3.8, 4) is 0 Å². The van der Waals surface area contributed by atoms with Crippen molar-refractivity contribution in [2.75, 3.05) is 19.6 Å². The molecule has 168 valence electrons. The van der Waals surface area contributed by atoms with Crippen LogP contribution in [0.25, 0.3) is 0 Å². The molecule has 1 aliphatic heterocycles. The number of likely N-dealkylation sites (tertiary alicyclic amines) is 1. The first-order valence-electron chi connectivity index (χ1n) is 11.3. The van der Waals surface area contributed by atoms with Gasteiger partial charge in [-0.15, -0.1) is 0 Å². The molecule has 0 N–H and O–H groups in total. The highest BCUT2D eigenvalue weighted by Crippen LogP contribution is 2.35. The second-order valence-corrected chi connectivity index (χ2v) is 8.82. The van der Waals surface area contributed by atoms with Crippen molar-refractivity contribution in [3.63, 3.8) is 0 Å². The maximum absolute atomic E-state index is 12.7. The van der Waals surface area contributed by atoms with Gasteiger partial charge in [-0.25, -0.2) is 0 Å². The monoisotopic (exact) mass is 428 g/mol. The topological polar surface area (TPSA) is 97.4 Å². The zero-order valence-corrected chi connectivity index (χ0v) is 18.7. The molecule has 2 aliphatic rings. The van der Waals surface area contributed by atoms with Gasteiger partial charge in [0.1, 0.15) is 0 Å². The molecule has 2 aromatic heterocycles. The van der Waals surface area contributed by atoms with Gasteiger partial charge in [0.15, 0.2) is 5.82 Å². The van der Waals surface area contributed by atoms with E-state index in [1.54, 1.807) is 6.92 Å². The summed E-state index contributed by atoms with van der Waals surface area (Å²) in [5.74, 6) is 1.93. The van der Waals surface area contributed by atoms with E-state index >= 15 is 0 Å². The first-order valence-corrected chi connectivity index (χ1v) is 11.3. The van der Waals surface area contributed by atoms with E-state index in [1.165, 1.54) is 6.42 Å². The van der Waals surface area contributed by atoms with Gasteiger partial charge in [0.25, 0.3) is 0 Å². The lowest BCUT2D eigenvalue weighted by atomic mass is 9.85. The summed E-state index contributed by atoms with van der Waals surface area (Å²) in [4.78, 5) is 33.2. The Morgan fingerprint density at radius 1 is 1.26 bits per heavy atom. The van der Waals surface area contributed by atoms with Gasteiger partial charge in [-0.05, 0) is 39.2 Å². The third-order valence-electron chi connectivity index (χ3n) is 6.52. The van der Waals surface area contributed by atoms with Gasteiger partial charge in [-0.1, -0.05) is 11.6 Å². The molecule has 1 saturated carbocycles. The summed E-state index contributed by atoms with van der Waals surface area (Å²) in [6.07, 6.45) is 5.24. The van der Waals surface area contributed by atoms with Crippen molar-refractivity contribution in [1.29, 1.82) is 0 Å². The molecule has 2 fully saturated rings. The lowest BCUT2D eigenvalue weighted by Crippen LogP contribution is -2.42. The SMILES string of the molecule is CC(=O)N(CCc1noc(C2CCC2)n1)C1CCN(C(=O)CCn2nc(C)cc2C)C1. The number of hydrogen-bond donors (Lipinski definition) is 0. The largest absolute Gasteiger partial charge is 0.340 e. The molecule has 0 radical (unpaired) electrons. The van der Waals surface area contributed by atoms with Crippen LogP contribution < -0.4 is 0 Å². The second-order valence-electron chi connectivity index (χ2n) is 8.82. The van der Waals surface area contributed by atoms with Gasteiger partial charge in [-0.2, -0.15) is 10.1 Å². The van der Waals surface area contributed by atoms with Crippen molar-refractivity contribution in [3.05, 3.63) is 29.2 Å². The van der Waals surface area contributed by atoms with E-state index in [0.29, 0.717) is 50.8 Å². The van der Waals surface area contributed by atoms with Crippen LogP contribution in [-0.4, -0.2) is 67.2 Å². The lowest BCUT2D eigenvalue weighted by molar-refractivity contribution is -0.133. The maximum atomic E-state index is 12.7. The van der Waals surface area contributed by atoms with Crippen molar-refractivity contribution in [2.45, 2.75) is 77.8 Å².